The van der Waals surface area contributed by atoms with Gasteiger partial charge in [0.1, 0.15) is 17.3 Å². The maximum absolute atomic E-state index is 12.4. The van der Waals surface area contributed by atoms with Gasteiger partial charge in [-0.2, -0.15) is 69.1 Å². The standard InChI is InChI=1S/C36H39N9O13S4/c1-22-11-27(42-44-29-14-24(20-59(47,48)49)13-25(15-29)21-60(50,51)52)6-5-26(22)16-34-39-35(37-9-10-46)41-36(40-34)38-33-8-7-28(12-23(33)2)43-45-30-17-31(61(53,54)57-3)19-32(18-30)62(55,56)58-4/h5-8,11-15,17-19,46H,9-10,16,20-21H2,1-4H3,(H,47,48,49)(H,50,51,52)(H2,37,38,39,40,41). The van der Waals surface area contributed by atoms with Crippen LogP contribution in [0.25, 0.3) is 0 Å². The number of benzene rings is 4. The molecule has 26 heteroatoms. The molecule has 0 amide bonds. The van der Waals surface area contributed by atoms with Crippen molar-refractivity contribution >= 4 is 80.8 Å². The first kappa shape index (κ1) is 47.3. The molecule has 4 aromatic carbocycles. The number of hydrogen-bond donors (Lipinski definition) is 5. The Morgan fingerprint density at radius 1 is 0.597 bits per heavy atom. The first-order valence-electron chi connectivity index (χ1n) is 17.7. The van der Waals surface area contributed by atoms with Crippen molar-refractivity contribution in [2.75, 3.05) is 38.0 Å². The molecule has 0 unspecified atom stereocenters. The van der Waals surface area contributed by atoms with E-state index in [4.69, 9.17) is 0 Å². The molecule has 0 atom stereocenters. The van der Waals surface area contributed by atoms with Gasteiger partial charge in [0.25, 0.3) is 40.5 Å². The summed E-state index contributed by atoms with van der Waals surface area (Å²) in [5.41, 5.74) is 3.54. The maximum Gasteiger partial charge on any atom is 0.296 e. The molecule has 0 aliphatic rings. The molecule has 1 aromatic heterocycles. The van der Waals surface area contributed by atoms with Gasteiger partial charge in [-0.15, -0.1) is 0 Å². The molecular weight excluding hydrogens is 895 g/mol. The number of aromatic nitrogens is 3. The number of aliphatic hydroxyl groups excluding tert-OH is 1. The molecule has 330 valence electrons. The summed E-state index contributed by atoms with van der Waals surface area (Å²) in [6.07, 6.45) is 0.226. The molecule has 0 fully saturated rings. The van der Waals surface area contributed by atoms with Crippen molar-refractivity contribution in [3.63, 3.8) is 0 Å². The Balaban J connectivity index is 1.36. The zero-order chi connectivity index (χ0) is 45.5. The van der Waals surface area contributed by atoms with Gasteiger partial charge in [-0.3, -0.25) is 17.5 Å². The van der Waals surface area contributed by atoms with Crippen molar-refractivity contribution in [3.8, 4) is 0 Å². The third-order valence-corrected chi connectivity index (χ3v) is 12.3. The highest BCUT2D eigenvalue weighted by atomic mass is 32.2. The molecule has 22 nitrogen and oxygen atoms in total. The Bertz CT molecular complexity index is 2900. The number of hydrogen-bond acceptors (Lipinski definition) is 20. The van der Waals surface area contributed by atoms with E-state index in [9.17, 15) is 47.9 Å². The van der Waals surface area contributed by atoms with Crippen LogP contribution in [0.2, 0.25) is 0 Å². The lowest BCUT2D eigenvalue weighted by Gasteiger charge is -2.12. The molecule has 5 rings (SSSR count). The zero-order valence-electron chi connectivity index (χ0n) is 33.2. The van der Waals surface area contributed by atoms with E-state index in [1.807, 2.05) is 6.92 Å². The van der Waals surface area contributed by atoms with Gasteiger partial charge in [0.2, 0.25) is 11.9 Å². The molecule has 62 heavy (non-hydrogen) atoms. The summed E-state index contributed by atoms with van der Waals surface area (Å²) < 4.78 is 123. The summed E-state index contributed by atoms with van der Waals surface area (Å²) in [4.78, 5) is 12.6. The topological polar surface area (TPSA) is 328 Å². The Hall–Kier alpha value is -5.71. The van der Waals surface area contributed by atoms with Crippen LogP contribution >= 0.6 is 0 Å². The van der Waals surface area contributed by atoms with Crippen LogP contribution in [0.1, 0.15) is 33.6 Å². The second kappa shape index (κ2) is 19.6. The van der Waals surface area contributed by atoms with E-state index in [1.54, 1.807) is 43.3 Å². The van der Waals surface area contributed by atoms with Crippen LogP contribution in [0.4, 0.5) is 40.3 Å². The van der Waals surface area contributed by atoms with Crippen LogP contribution < -0.4 is 10.6 Å². The SMILES string of the molecule is COS(=O)(=O)c1cc(N=Nc2ccc(Nc3nc(Cc4ccc(N=Nc5cc(CS(=O)(=O)O)cc(CS(=O)(=O)O)c5)cc4C)nc(NCCO)n3)c(C)c2)cc(S(=O)(=O)OC)c1. The third kappa shape index (κ3) is 13.6. The smallest absolute Gasteiger partial charge is 0.296 e. The van der Waals surface area contributed by atoms with E-state index in [0.29, 0.717) is 28.5 Å². The predicted octanol–water partition coefficient (Wildman–Crippen LogP) is 5.50. The minimum atomic E-state index is -4.46. The van der Waals surface area contributed by atoms with Gasteiger partial charge < -0.3 is 15.7 Å². The van der Waals surface area contributed by atoms with Gasteiger partial charge in [-0.25, -0.2) is 0 Å². The summed E-state index contributed by atoms with van der Waals surface area (Å²) >= 11 is 0. The number of nitrogens with zero attached hydrogens (tertiary/aromatic N) is 7. The van der Waals surface area contributed by atoms with Crippen molar-refractivity contribution in [2.45, 2.75) is 41.6 Å². The molecule has 0 aliphatic carbocycles. The second-order valence-corrected chi connectivity index (χ2v) is 19.6. The summed E-state index contributed by atoms with van der Waals surface area (Å²) in [7, 11) is -15.7. The normalized spacial score (nSPS) is 12.6. The first-order valence-corrected chi connectivity index (χ1v) is 23.8. The van der Waals surface area contributed by atoms with Crippen molar-refractivity contribution in [1.29, 1.82) is 0 Å². The number of aliphatic hydroxyl groups is 1. The molecule has 0 spiro atoms. The van der Waals surface area contributed by atoms with Gasteiger partial charge in [0.15, 0.2) is 0 Å². The average molecular weight is 934 g/mol. The number of nitrogens with one attached hydrogen (secondary N) is 2. The molecule has 1 heterocycles. The Morgan fingerprint density at radius 2 is 1.10 bits per heavy atom. The highest BCUT2D eigenvalue weighted by Gasteiger charge is 2.22. The monoisotopic (exact) mass is 933 g/mol. The largest absolute Gasteiger partial charge is 0.395 e. The highest BCUT2D eigenvalue weighted by Crippen LogP contribution is 2.30. The predicted molar refractivity (Wildman–Crippen MR) is 224 cm³/mol. The molecule has 0 aliphatic heterocycles. The van der Waals surface area contributed by atoms with E-state index in [0.717, 1.165) is 43.5 Å². The van der Waals surface area contributed by atoms with Gasteiger partial charge in [-0.05, 0) is 102 Å². The molecule has 0 saturated heterocycles. The van der Waals surface area contributed by atoms with Crippen LogP contribution in [0, 0.1) is 13.8 Å². The maximum atomic E-state index is 12.4. The molecule has 0 bridgehead atoms. The number of rotatable bonds is 19. The lowest BCUT2D eigenvalue weighted by molar-refractivity contribution is 0.310. The van der Waals surface area contributed by atoms with Crippen LogP contribution in [-0.4, -0.2) is 90.2 Å². The summed E-state index contributed by atoms with van der Waals surface area (Å²) in [5.74, 6) is -0.948. The molecule has 5 aromatic rings. The lowest BCUT2D eigenvalue weighted by atomic mass is 10.0. The van der Waals surface area contributed by atoms with E-state index in [2.05, 4.69) is 54.4 Å². The summed E-state index contributed by atoms with van der Waals surface area (Å²) in [5, 5.41) is 32.0. The Labute approximate surface area is 357 Å². The van der Waals surface area contributed by atoms with E-state index < -0.39 is 61.8 Å². The fourth-order valence-corrected chi connectivity index (χ4v) is 8.31. The van der Waals surface area contributed by atoms with E-state index in [1.165, 1.54) is 18.2 Å². The van der Waals surface area contributed by atoms with Gasteiger partial charge >= 0.3 is 0 Å². The summed E-state index contributed by atoms with van der Waals surface area (Å²) in [6, 6.07) is 16.9. The summed E-state index contributed by atoms with van der Waals surface area (Å²) in [6.45, 7) is 3.53. The second-order valence-electron chi connectivity index (χ2n) is 13.2. The van der Waals surface area contributed by atoms with Crippen molar-refractivity contribution in [3.05, 3.63) is 106 Å². The zero-order valence-corrected chi connectivity index (χ0v) is 36.4. The number of aryl methyl sites for hydroxylation is 2. The van der Waals surface area contributed by atoms with Gasteiger partial charge in [0.05, 0.1) is 53.4 Å². The van der Waals surface area contributed by atoms with Crippen LogP contribution in [0.5, 0.6) is 0 Å². The fraction of sp³-hybridized carbons (Fsp3) is 0.250. The van der Waals surface area contributed by atoms with Gasteiger partial charge in [0, 0.05) is 18.7 Å². The fourth-order valence-electron chi connectivity index (χ4n) is 5.60. The quantitative estimate of drug-likeness (QED) is 0.0387. The third-order valence-electron chi connectivity index (χ3n) is 8.39. The molecule has 0 radical (unpaired) electrons. The molecule has 5 N–H and O–H groups in total. The van der Waals surface area contributed by atoms with Crippen LogP contribution in [0.15, 0.2) is 103 Å². The van der Waals surface area contributed by atoms with Crippen molar-refractivity contribution in [1.82, 2.24) is 15.0 Å². The number of anilines is 3. The minimum Gasteiger partial charge on any atom is -0.395 e. The molecule has 0 saturated carbocycles. The first-order chi connectivity index (χ1) is 29.0. The van der Waals surface area contributed by atoms with Gasteiger partial charge in [-0.1, -0.05) is 12.1 Å². The van der Waals surface area contributed by atoms with Crippen molar-refractivity contribution in [2.24, 2.45) is 20.5 Å². The van der Waals surface area contributed by atoms with Crippen LogP contribution in [0.3, 0.4) is 0 Å². The van der Waals surface area contributed by atoms with Crippen LogP contribution in [-0.2, 0) is 66.8 Å². The Kier molecular flexibility index (Phi) is 14.9. The Morgan fingerprint density at radius 3 is 1.60 bits per heavy atom. The number of azo groups is 2. The molecular formula is C36H39N9O13S4. The highest BCUT2D eigenvalue weighted by molar-refractivity contribution is 7.87. The lowest BCUT2D eigenvalue weighted by Crippen LogP contribution is -2.13. The van der Waals surface area contributed by atoms with Crippen molar-refractivity contribution < 1.29 is 56.2 Å². The van der Waals surface area contributed by atoms with E-state index >= 15 is 0 Å². The average Bonchev–Trinajstić information content (AvgIpc) is 3.18. The minimum absolute atomic E-state index is 0.0329. The van der Waals surface area contributed by atoms with E-state index in [-0.39, 0.29) is 54.0 Å².